The van der Waals surface area contributed by atoms with Gasteiger partial charge in [0.05, 0.1) is 5.41 Å². The molecule has 1 aromatic heterocycles. The summed E-state index contributed by atoms with van der Waals surface area (Å²) in [5.41, 5.74) is 31.1. The van der Waals surface area contributed by atoms with E-state index in [9.17, 15) is 0 Å². The van der Waals surface area contributed by atoms with Crippen LogP contribution in [-0.2, 0) is 5.41 Å². The Labute approximate surface area is 601 Å². The average Bonchev–Trinajstić information content (AvgIpc) is 1.54. The van der Waals surface area contributed by atoms with Crippen LogP contribution in [-0.4, -0.2) is 15.0 Å². The second-order valence-electron chi connectivity index (χ2n) is 26.6. The molecule has 482 valence electrons. The van der Waals surface area contributed by atoms with Crippen molar-refractivity contribution in [2.75, 3.05) is 0 Å². The van der Waals surface area contributed by atoms with Gasteiger partial charge < -0.3 is 0 Å². The minimum atomic E-state index is -0.911. The zero-order valence-corrected chi connectivity index (χ0v) is 56.5. The third-order valence-electron chi connectivity index (χ3n) is 20.3. The molecule has 18 rings (SSSR count). The first-order chi connectivity index (χ1) is 51.0. The summed E-state index contributed by atoms with van der Waals surface area (Å²) >= 11 is 0. The number of hydrogen-bond acceptors (Lipinski definition) is 3. The van der Waals surface area contributed by atoms with E-state index >= 15 is 0 Å². The number of nitrogens with zero attached hydrogens (tertiary/aromatic N) is 3. The highest BCUT2D eigenvalue weighted by Crippen LogP contribution is 2.59. The fourth-order valence-electron chi connectivity index (χ4n) is 15.3. The fourth-order valence-corrected chi connectivity index (χ4v) is 15.3. The molecular weight excluding hydrogens is 1240 g/mol. The monoisotopic (exact) mass is 1310 g/mol. The normalized spacial score (nSPS) is 12.0. The van der Waals surface area contributed by atoms with Crippen LogP contribution in [0.15, 0.2) is 406 Å². The van der Waals surface area contributed by atoms with Gasteiger partial charge in [-0.25, -0.2) is 15.0 Å². The number of aromatic nitrogens is 3. The summed E-state index contributed by atoms with van der Waals surface area (Å²) in [6.45, 7) is 0. The predicted octanol–water partition coefficient (Wildman–Crippen LogP) is 25.9. The zero-order valence-electron chi connectivity index (χ0n) is 56.5. The minimum absolute atomic E-state index is 0.560. The lowest BCUT2D eigenvalue weighted by Crippen LogP contribution is -2.29. The molecule has 1 aliphatic rings. The molecule has 3 heteroatoms. The number of hydrogen-bond donors (Lipinski definition) is 0. The zero-order chi connectivity index (χ0) is 68.5. The highest BCUT2D eigenvalue weighted by atomic mass is 15.0. The standard InChI is InChI=1S/C100H67N3/c1-9-29-68(30-10-1)81-55-82(69-31-11-2-12-32-69)58-85(57-81)76-45-27-47-78(53-76)97-101-98(79-48-28-46-77(54-79)86-59-83(70-33-13-3-14-34-70)56-84(60-86)71-35-15-4-16-36-71)103-99(102-97)80-51-52-94-93-49-25-26-50-95(93)100(96(94)67-80,91-63-87(72-37-17-5-18-38-72)61-88(64-91)73-39-19-6-20-40-73)92-65-89(74-41-21-7-22-42-74)62-90(66-92)75-43-23-8-24-44-75/h1-67H. The van der Waals surface area contributed by atoms with Crippen molar-refractivity contribution in [3.05, 3.63) is 429 Å². The van der Waals surface area contributed by atoms with Crippen molar-refractivity contribution in [3.8, 4) is 157 Å². The molecule has 0 unspecified atom stereocenters. The highest BCUT2D eigenvalue weighted by Gasteiger charge is 2.47. The van der Waals surface area contributed by atoms with Gasteiger partial charge in [-0.2, -0.15) is 0 Å². The molecule has 1 aliphatic carbocycles. The largest absolute Gasteiger partial charge is 0.208 e. The molecule has 0 aliphatic heterocycles. The summed E-state index contributed by atoms with van der Waals surface area (Å²) < 4.78 is 0. The Balaban J connectivity index is 0.882. The molecule has 0 fully saturated rings. The summed E-state index contributed by atoms with van der Waals surface area (Å²) in [6.07, 6.45) is 0. The lowest BCUT2D eigenvalue weighted by molar-refractivity contribution is 0.770. The van der Waals surface area contributed by atoms with E-state index in [0.29, 0.717) is 17.5 Å². The Bertz CT molecular complexity index is 5400. The van der Waals surface area contributed by atoms with E-state index in [-0.39, 0.29) is 0 Å². The van der Waals surface area contributed by atoms with Gasteiger partial charge in [-0.1, -0.05) is 315 Å². The smallest absolute Gasteiger partial charge is 0.164 e. The van der Waals surface area contributed by atoms with Gasteiger partial charge >= 0.3 is 0 Å². The first-order valence-electron chi connectivity index (χ1n) is 35.3. The Hall–Kier alpha value is -13.5. The van der Waals surface area contributed by atoms with Crippen molar-refractivity contribution in [2.45, 2.75) is 5.41 Å². The molecule has 0 atom stereocenters. The van der Waals surface area contributed by atoms with Gasteiger partial charge in [0.1, 0.15) is 0 Å². The van der Waals surface area contributed by atoms with Crippen molar-refractivity contribution >= 4 is 0 Å². The molecule has 1 heterocycles. The fraction of sp³-hybridized carbons (Fsp3) is 0.0100. The molecule has 103 heavy (non-hydrogen) atoms. The molecule has 0 amide bonds. The van der Waals surface area contributed by atoms with Crippen LogP contribution in [0, 0.1) is 0 Å². The van der Waals surface area contributed by atoms with E-state index < -0.39 is 5.41 Å². The van der Waals surface area contributed by atoms with Crippen molar-refractivity contribution in [1.82, 2.24) is 15.0 Å². The van der Waals surface area contributed by atoms with Gasteiger partial charge in [0.25, 0.3) is 0 Å². The van der Waals surface area contributed by atoms with Crippen LogP contribution in [0.4, 0.5) is 0 Å². The van der Waals surface area contributed by atoms with Crippen LogP contribution >= 0.6 is 0 Å². The van der Waals surface area contributed by atoms with Gasteiger partial charge in [-0.3, -0.25) is 0 Å². The highest BCUT2D eigenvalue weighted by molar-refractivity contribution is 5.92. The molecular formula is C100H67N3. The Morgan fingerprint density at radius 2 is 0.350 bits per heavy atom. The van der Waals surface area contributed by atoms with Gasteiger partial charge in [0.2, 0.25) is 0 Å². The van der Waals surface area contributed by atoms with Gasteiger partial charge in [0.15, 0.2) is 17.5 Å². The maximum absolute atomic E-state index is 5.70. The van der Waals surface area contributed by atoms with Gasteiger partial charge in [-0.05, 0) is 236 Å². The van der Waals surface area contributed by atoms with Gasteiger partial charge in [-0.15, -0.1) is 0 Å². The number of benzene rings is 16. The van der Waals surface area contributed by atoms with E-state index in [0.717, 1.165) is 150 Å². The third-order valence-corrected chi connectivity index (χ3v) is 20.3. The van der Waals surface area contributed by atoms with E-state index in [1.165, 1.54) is 11.1 Å². The number of fused-ring (bicyclic) bond motifs is 3. The third kappa shape index (κ3) is 12.1. The van der Waals surface area contributed by atoms with E-state index in [4.69, 9.17) is 15.0 Å². The molecule has 0 saturated carbocycles. The van der Waals surface area contributed by atoms with Crippen molar-refractivity contribution < 1.29 is 0 Å². The van der Waals surface area contributed by atoms with Crippen LogP contribution in [0.2, 0.25) is 0 Å². The molecule has 16 aromatic carbocycles. The topological polar surface area (TPSA) is 38.7 Å². The summed E-state index contributed by atoms with van der Waals surface area (Å²) in [7, 11) is 0. The molecule has 0 saturated heterocycles. The Kier molecular flexibility index (Phi) is 16.2. The average molecular weight is 1310 g/mol. The quantitative estimate of drug-likeness (QED) is 0.103. The number of rotatable bonds is 15. The van der Waals surface area contributed by atoms with E-state index in [2.05, 4.69) is 406 Å². The first kappa shape index (κ1) is 61.8. The van der Waals surface area contributed by atoms with Gasteiger partial charge in [0, 0.05) is 16.7 Å². The summed E-state index contributed by atoms with van der Waals surface area (Å²) in [5.74, 6) is 1.69. The SMILES string of the molecule is c1ccc(-c2cc(-c3ccccc3)cc(-c3cccc(-c4nc(-c5cccc(-c6cc(-c7ccccc7)cc(-c7ccccc7)c6)c5)nc(-c5ccc6c(c5)C(c5cc(-c7ccccc7)cc(-c7ccccc7)c5)(c5cc(-c7ccccc7)cc(-c7ccccc7)c5)c5ccccc5-6)n4)c3)c2)cc1. The minimum Gasteiger partial charge on any atom is -0.208 e. The van der Waals surface area contributed by atoms with Crippen LogP contribution in [0.1, 0.15) is 22.3 Å². The molecule has 0 radical (unpaired) electrons. The molecule has 0 bridgehead atoms. The second-order valence-corrected chi connectivity index (χ2v) is 26.6. The van der Waals surface area contributed by atoms with Crippen LogP contribution in [0.3, 0.4) is 0 Å². The summed E-state index contributed by atoms with van der Waals surface area (Å²) in [4.78, 5) is 17.0. The summed E-state index contributed by atoms with van der Waals surface area (Å²) in [6, 6.07) is 148. The molecule has 3 nitrogen and oxygen atoms in total. The van der Waals surface area contributed by atoms with Crippen LogP contribution < -0.4 is 0 Å². The Morgan fingerprint density at radius 3 is 0.650 bits per heavy atom. The van der Waals surface area contributed by atoms with Crippen molar-refractivity contribution in [1.29, 1.82) is 0 Å². The lowest BCUT2D eigenvalue weighted by atomic mass is 9.66. The van der Waals surface area contributed by atoms with Crippen molar-refractivity contribution in [2.24, 2.45) is 0 Å². The maximum atomic E-state index is 5.70. The van der Waals surface area contributed by atoms with E-state index in [1.54, 1.807) is 0 Å². The lowest BCUT2D eigenvalue weighted by Gasteiger charge is -2.35. The Morgan fingerprint density at radius 1 is 0.136 bits per heavy atom. The van der Waals surface area contributed by atoms with Crippen LogP contribution in [0.5, 0.6) is 0 Å². The van der Waals surface area contributed by atoms with E-state index in [1.807, 2.05) is 0 Å². The predicted molar refractivity (Wildman–Crippen MR) is 428 cm³/mol. The van der Waals surface area contributed by atoms with Crippen molar-refractivity contribution in [3.63, 3.8) is 0 Å². The maximum Gasteiger partial charge on any atom is 0.164 e. The molecule has 0 N–H and O–H groups in total. The summed E-state index contributed by atoms with van der Waals surface area (Å²) in [5, 5.41) is 0. The molecule has 0 spiro atoms. The second kappa shape index (κ2) is 27.0. The molecule has 17 aromatic rings. The first-order valence-corrected chi connectivity index (χ1v) is 35.3. The van der Waals surface area contributed by atoms with Crippen LogP contribution in [0.25, 0.3) is 157 Å².